The Bertz CT molecular complexity index is 1860. The fourth-order valence-electron chi connectivity index (χ4n) is 3.82. The topological polar surface area (TPSA) is 140 Å². The highest BCUT2D eigenvalue weighted by Crippen LogP contribution is 2.35. The van der Waals surface area contributed by atoms with E-state index in [1.165, 1.54) is 31.3 Å². The largest absolute Gasteiger partial charge is 0.431 e. The van der Waals surface area contributed by atoms with Crippen LogP contribution in [0.25, 0.3) is 5.69 Å². The summed E-state index contributed by atoms with van der Waals surface area (Å²) in [4.78, 5) is 55.4. The summed E-state index contributed by atoms with van der Waals surface area (Å²) in [5.74, 6) is -2.82. The minimum atomic E-state index is -5.03. The van der Waals surface area contributed by atoms with Crippen molar-refractivity contribution in [2.75, 3.05) is 7.05 Å². The predicted octanol–water partition coefficient (Wildman–Crippen LogP) is 2.80. The number of nitrogens with zero attached hydrogens (tertiary/aromatic N) is 4. The smallest absolute Gasteiger partial charge is 0.293 e. The van der Waals surface area contributed by atoms with E-state index < -0.39 is 68.1 Å². The van der Waals surface area contributed by atoms with Gasteiger partial charge in [0.05, 0.1) is 21.3 Å². The van der Waals surface area contributed by atoms with Crippen molar-refractivity contribution in [3.05, 3.63) is 85.9 Å². The molecule has 2 aromatic carbocycles. The van der Waals surface area contributed by atoms with Gasteiger partial charge in [0.15, 0.2) is 5.17 Å². The lowest BCUT2D eigenvalue weighted by molar-refractivity contribution is -0.144. The molecule has 1 N–H and O–H groups in total. The quantitative estimate of drug-likeness (QED) is 0.406. The van der Waals surface area contributed by atoms with E-state index in [1.807, 2.05) is 4.72 Å². The van der Waals surface area contributed by atoms with Crippen LogP contribution in [0.4, 0.5) is 23.2 Å². The molecule has 1 aliphatic heterocycles. The van der Waals surface area contributed by atoms with Crippen molar-refractivity contribution in [2.45, 2.75) is 22.7 Å². The molecule has 1 fully saturated rings. The number of carbonyl (C=O) groups is 2. The Balaban J connectivity index is 1.64. The maximum absolute atomic E-state index is 14.8. The van der Waals surface area contributed by atoms with Crippen molar-refractivity contribution in [3.8, 4) is 5.69 Å². The van der Waals surface area contributed by atoms with Gasteiger partial charge in [-0.3, -0.25) is 23.9 Å². The summed E-state index contributed by atoms with van der Waals surface area (Å²) in [7, 11) is -2.14. The summed E-state index contributed by atoms with van der Waals surface area (Å²) >= 11 is 6.85. The first kappa shape index (κ1) is 31.0. The average molecular weight is 648 g/mol. The maximum atomic E-state index is 14.8. The molecule has 1 saturated heterocycles. The number of aromatic nitrogens is 2. The van der Waals surface area contributed by atoms with Crippen LogP contribution in [0.15, 0.2) is 68.0 Å². The molecule has 0 radical (unpaired) electrons. The number of carbonyl (C=O) groups excluding carboxylic acids is 2. The molecule has 1 aromatic heterocycles. The van der Waals surface area contributed by atoms with Crippen LogP contribution in [0.2, 0.25) is 5.02 Å². The van der Waals surface area contributed by atoms with Crippen LogP contribution in [0.1, 0.15) is 12.1 Å². The summed E-state index contributed by atoms with van der Waals surface area (Å²) in [6.07, 6.45) is -5.59. The molecule has 18 heteroatoms. The number of rotatable bonds is 6. The molecule has 222 valence electrons. The van der Waals surface area contributed by atoms with Gasteiger partial charge in [-0.25, -0.2) is 31.9 Å². The number of amides is 2. The summed E-state index contributed by atoms with van der Waals surface area (Å²) < 4.78 is 81.4. The van der Waals surface area contributed by atoms with E-state index in [0.29, 0.717) is 6.07 Å². The number of thioether (sulfide) groups is 1. The summed E-state index contributed by atoms with van der Waals surface area (Å²) in [5.41, 5.74) is -5.52. The van der Waals surface area contributed by atoms with Gasteiger partial charge in [-0.2, -0.15) is 13.2 Å². The molecule has 0 saturated carbocycles. The zero-order valence-electron chi connectivity index (χ0n) is 21.3. The number of alkyl halides is 3. The number of sulfonamides is 1. The Kier molecular flexibility index (Phi) is 8.39. The highest BCUT2D eigenvalue weighted by Gasteiger charge is 2.38. The number of amidine groups is 1. The first-order valence-electron chi connectivity index (χ1n) is 11.5. The van der Waals surface area contributed by atoms with Crippen molar-refractivity contribution in [1.82, 2.24) is 18.8 Å². The third-order valence-corrected chi connectivity index (χ3v) is 8.82. The molecule has 0 spiro atoms. The molecule has 1 aliphatic rings. The molecule has 2 amide bonds. The van der Waals surface area contributed by atoms with Crippen molar-refractivity contribution >= 4 is 56.1 Å². The molecule has 1 unspecified atom stereocenters. The van der Waals surface area contributed by atoms with Gasteiger partial charge in [0.25, 0.3) is 15.6 Å². The fraction of sp³-hybridized carbons (Fsp3) is 0.208. The van der Waals surface area contributed by atoms with Crippen LogP contribution in [0.3, 0.4) is 0 Å². The van der Waals surface area contributed by atoms with Gasteiger partial charge in [-0.1, -0.05) is 41.6 Å². The Morgan fingerprint density at radius 3 is 2.36 bits per heavy atom. The molecule has 42 heavy (non-hydrogen) atoms. The van der Waals surface area contributed by atoms with Crippen LogP contribution in [-0.4, -0.2) is 51.7 Å². The second-order valence-corrected chi connectivity index (χ2v) is 12.0. The third kappa shape index (κ3) is 6.12. The zero-order chi connectivity index (χ0) is 31.1. The van der Waals surface area contributed by atoms with E-state index in [-0.39, 0.29) is 36.0 Å². The van der Waals surface area contributed by atoms with E-state index in [1.54, 1.807) is 6.07 Å². The van der Waals surface area contributed by atoms with Crippen molar-refractivity contribution < 1.29 is 35.6 Å². The second-order valence-electron chi connectivity index (χ2n) is 8.74. The first-order chi connectivity index (χ1) is 19.5. The van der Waals surface area contributed by atoms with Gasteiger partial charge >= 0.3 is 11.9 Å². The Morgan fingerprint density at radius 2 is 1.74 bits per heavy atom. The van der Waals surface area contributed by atoms with Gasteiger partial charge in [-0.05, 0) is 24.3 Å². The number of hydrogen-bond donors (Lipinski definition) is 1. The Morgan fingerprint density at radius 1 is 1.10 bits per heavy atom. The number of benzene rings is 2. The monoisotopic (exact) mass is 647 g/mol. The normalized spacial score (nSPS) is 16.7. The van der Waals surface area contributed by atoms with Crippen LogP contribution in [0, 0.1) is 5.82 Å². The molecule has 2 heterocycles. The van der Waals surface area contributed by atoms with Crippen molar-refractivity contribution in [1.29, 1.82) is 0 Å². The van der Waals surface area contributed by atoms with Crippen molar-refractivity contribution in [2.24, 2.45) is 12.0 Å². The van der Waals surface area contributed by atoms with Crippen LogP contribution >= 0.6 is 23.4 Å². The maximum Gasteiger partial charge on any atom is 0.431 e. The van der Waals surface area contributed by atoms with Gasteiger partial charge < -0.3 is 0 Å². The molecule has 3 aromatic rings. The molecular weight excluding hydrogens is 630 g/mol. The first-order valence-corrected chi connectivity index (χ1v) is 14.3. The average Bonchev–Trinajstić information content (AvgIpc) is 3.15. The number of hydrogen-bond acceptors (Lipinski definition) is 8. The highest BCUT2D eigenvalue weighted by molar-refractivity contribution is 8.15. The standard InChI is InChI=1S/C24H18ClF4N5O6S2/c1-32-18(24(27,28)29)11-20(36)34(23(32)38)16-9-15(13(25)8-14(16)26)30-22-33(2)21(37)17(41-22)10-19(35)31-42(39,40)12-6-4-3-5-7-12/h3-9,11,17H,10H2,1-2H3,(H,31,35). The van der Waals surface area contributed by atoms with Gasteiger partial charge in [-0.15, -0.1) is 0 Å². The molecule has 0 bridgehead atoms. The lowest BCUT2D eigenvalue weighted by Crippen LogP contribution is -2.41. The molecule has 1 atom stereocenters. The van der Waals surface area contributed by atoms with Crippen LogP contribution in [-0.2, 0) is 32.8 Å². The van der Waals surface area contributed by atoms with E-state index in [9.17, 15) is 45.2 Å². The third-order valence-electron chi connectivity index (χ3n) is 5.90. The van der Waals surface area contributed by atoms with E-state index in [2.05, 4.69) is 4.99 Å². The van der Waals surface area contributed by atoms with Crippen molar-refractivity contribution in [3.63, 3.8) is 0 Å². The molecular formula is C24H18ClF4N5O6S2. The van der Waals surface area contributed by atoms with E-state index >= 15 is 0 Å². The van der Waals surface area contributed by atoms with Crippen LogP contribution in [0.5, 0.6) is 0 Å². The lowest BCUT2D eigenvalue weighted by atomic mass is 10.2. The minimum absolute atomic E-state index is 0.0594. The van der Waals surface area contributed by atoms with Gasteiger partial charge in [0, 0.05) is 26.6 Å². The second kappa shape index (κ2) is 11.4. The minimum Gasteiger partial charge on any atom is -0.293 e. The number of aliphatic imine (C=N–C) groups is 1. The molecule has 4 rings (SSSR count). The summed E-state index contributed by atoms with van der Waals surface area (Å²) in [6.45, 7) is 0. The highest BCUT2D eigenvalue weighted by atomic mass is 35.5. The molecule has 11 nitrogen and oxygen atoms in total. The zero-order valence-corrected chi connectivity index (χ0v) is 23.7. The number of halogens is 5. The van der Waals surface area contributed by atoms with E-state index in [0.717, 1.165) is 29.8 Å². The van der Waals surface area contributed by atoms with Crippen LogP contribution < -0.4 is 16.0 Å². The summed E-state index contributed by atoms with van der Waals surface area (Å²) in [5, 5.41) is -1.50. The Labute approximate surface area is 243 Å². The SMILES string of the molecule is CN1C(=O)C(CC(=O)NS(=O)(=O)c2ccccc2)SC1=Nc1cc(-n2c(=O)cc(C(F)(F)F)n(C)c2=O)c(F)cc1Cl. The Hall–Kier alpha value is -3.96. The molecule has 0 aliphatic carbocycles. The summed E-state index contributed by atoms with van der Waals surface area (Å²) in [6, 6.07) is 8.72. The van der Waals surface area contributed by atoms with Gasteiger partial charge in [0.1, 0.15) is 16.8 Å². The van der Waals surface area contributed by atoms with Gasteiger partial charge in [0.2, 0.25) is 11.8 Å². The predicted molar refractivity (Wildman–Crippen MR) is 145 cm³/mol. The van der Waals surface area contributed by atoms with E-state index in [4.69, 9.17) is 11.6 Å². The number of nitrogens with one attached hydrogen (secondary N) is 1. The lowest BCUT2D eigenvalue weighted by Gasteiger charge is -2.15. The fourth-order valence-corrected chi connectivity index (χ4v) is 6.18.